The van der Waals surface area contributed by atoms with Crippen LogP contribution < -0.4 is 10.5 Å². The zero-order chi connectivity index (χ0) is 10.8. The number of halogens is 1. The van der Waals surface area contributed by atoms with Crippen LogP contribution in [0.1, 0.15) is 0 Å². The minimum Gasteiger partial charge on any atom is -0.425 e. The van der Waals surface area contributed by atoms with Gasteiger partial charge in [-0.15, -0.1) is 0 Å². The van der Waals surface area contributed by atoms with E-state index in [1.807, 2.05) is 31.3 Å². The third-order valence-corrected chi connectivity index (χ3v) is 2.40. The van der Waals surface area contributed by atoms with E-state index in [0.29, 0.717) is 11.8 Å². The van der Waals surface area contributed by atoms with Crippen molar-refractivity contribution in [3.05, 3.63) is 34.9 Å². The van der Waals surface area contributed by atoms with E-state index in [1.165, 1.54) is 0 Å². The van der Waals surface area contributed by atoms with Crippen molar-refractivity contribution in [1.29, 1.82) is 0 Å². The van der Waals surface area contributed by atoms with E-state index in [4.69, 9.17) is 10.5 Å². The molecule has 0 saturated heterocycles. The summed E-state index contributed by atoms with van der Waals surface area (Å²) in [5.41, 5.74) is 5.54. The second-order valence-electron chi connectivity index (χ2n) is 3.12. The highest BCUT2D eigenvalue weighted by molar-refractivity contribution is 9.10. The Morgan fingerprint density at radius 3 is 2.53 bits per heavy atom. The maximum absolute atomic E-state index is 5.54. The van der Waals surface area contributed by atoms with Crippen LogP contribution in [0.3, 0.4) is 0 Å². The van der Waals surface area contributed by atoms with Gasteiger partial charge in [-0.1, -0.05) is 15.9 Å². The maximum atomic E-state index is 5.54. The molecule has 0 bridgehead atoms. The summed E-state index contributed by atoms with van der Waals surface area (Å²) in [6.07, 6.45) is 1.70. The first-order chi connectivity index (χ1) is 7.15. The summed E-state index contributed by atoms with van der Waals surface area (Å²) < 4.78 is 8.28. The van der Waals surface area contributed by atoms with E-state index in [0.717, 1.165) is 10.2 Å². The Morgan fingerprint density at radius 1 is 1.33 bits per heavy atom. The Morgan fingerprint density at radius 2 is 2.00 bits per heavy atom. The first-order valence-corrected chi connectivity index (χ1v) is 5.17. The third-order valence-electron chi connectivity index (χ3n) is 1.88. The predicted molar refractivity (Wildman–Crippen MR) is 61.8 cm³/mol. The number of hydrogen-bond acceptors (Lipinski definition) is 3. The summed E-state index contributed by atoms with van der Waals surface area (Å²) in [5.74, 6) is 1.18. The Kier molecular flexibility index (Phi) is 2.64. The second-order valence-corrected chi connectivity index (χ2v) is 4.03. The molecule has 0 radical (unpaired) electrons. The maximum Gasteiger partial charge on any atom is 0.303 e. The van der Waals surface area contributed by atoms with E-state index in [2.05, 4.69) is 20.9 Å². The molecule has 2 aromatic rings. The van der Waals surface area contributed by atoms with E-state index >= 15 is 0 Å². The van der Waals surface area contributed by atoms with Crippen LogP contribution in [0.15, 0.2) is 34.9 Å². The largest absolute Gasteiger partial charge is 0.425 e. The lowest BCUT2D eigenvalue weighted by atomic mass is 10.3. The first-order valence-electron chi connectivity index (χ1n) is 4.37. The number of nitrogen functional groups attached to an aromatic ring is 1. The van der Waals surface area contributed by atoms with Crippen LogP contribution in [0.2, 0.25) is 0 Å². The van der Waals surface area contributed by atoms with Gasteiger partial charge >= 0.3 is 6.01 Å². The predicted octanol–water partition coefficient (Wildman–Crippen LogP) is 2.56. The molecule has 78 valence electrons. The summed E-state index contributed by atoms with van der Waals surface area (Å²) in [6.45, 7) is 0. The van der Waals surface area contributed by atoms with Gasteiger partial charge in [0.05, 0.1) is 6.20 Å². The topological polar surface area (TPSA) is 53.1 Å². The van der Waals surface area contributed by atoms with E-state index in [-0.39, 0.29) is 0 Å². The molecule has 0 fully saturated rings. The van der Waals surface area contributed by atoms with Crippen LogP contribution in [0, 0.1) is 0 Å². The number of nitrogens with zero attached hydrogens (tertiary/aromatic N) is 2. The van der Waals surface area contributed by atoms with E-state index < -0.39 is 0 Å². The minimum atomic E-state index is 0.449. The van der Waals surface area contributed by atoms with Gasteiger partial charge in [-0.2, -0.15) is 4.98 Å². The highest BCUT2D eigenvalue weighted by Crippen LogP contribution is 2.22. The molecule has 0 atom stereocenters. The summed E-state index contributed by atoms with van der Waals surface area (Å²) in [7, 11) is 1.83. The Balaban J connectivity index is 2.21. The molecule has 1 heterocycles. The Labute approximate surface area is 95.8 Å². The van der Waals surface area contributed by atoms with Crippen molar-refractivity contribution < 1.29 is 4.74 Å². The molecule has 4 nitrogen and oxygen atoms in total. The van der Waals surface area contributed by atoms with Crippen molar-refractivity contribution in [3.8, 4) is 11.8 Å². The van der Waals surface area contributed by atoms with Gasteiger partial charge in [0.2, 0.25) is 0 Å². The minimum absolute atomic E-state index is 0.449. The molecule has 0 amide bonds. The third kappa shape index (κ3) is 2.30. The fourth-order valence-corrected chi connectivity index (χ4v) is 1.44. The molecular weight excluding hydrogens is 258 g/mol. The van der Waals surface area contributed by atoms with Gasteiger partial charge in [-0.3, -0.25) is 0 Å². The van der Waals surface area contributed by atoms with Crippen LogP contribution in [-0.2, 0) is 7.05 Å². The average Bonchev–Trinajstić information content (AvgIpc) is 2.49. The molecule has 5 heteroatoms. The number of anilines is 1. The quantitative estimate of drug-likeness (QED) is 0.910. The molecule has 2 rings (SSSR count). The highest BCUT2D eigenvalue weighted by atomic mass is 79.9. The van der Waals surface area contributed by atoms with Crippen LogP contribution in [0.4, 0.5) is 5.82 Å². The van der Waals surface area contributed by atoms with Crippen molar-refractivity contribution in [2.75, 3.05) is 5.73 Å². The monoisotopic (exact) mass is 267 g/mol. The number of imidazole rings is 1. The smallest absolute Gasteiger partial charge is 0.303 e. The Hall–Kier alpha value is -1.49. The van der Waals surface area contributed by atoms with Gasteiger partial charge in [0.25, 0.3) is 0 Å². The number of aromatic nitrogens is 2. The van der Waals surface area contributed by atoms with Crippen molar-refractivity contribution >= 4 is 21.7 Å². The lowest BCUT2D eigenvalue weighted by Crippen LogP contribution is -1.92. The van der Waals surface area contributed by atoms with Crippen LogP contribution in [0.25, 0.3) is 0 Å². The van der Waals surface area contributed by atoms with Gasteiger partial charge < -0.3 is 15.0 Å². The number of hydrogen-bond donors (Lipinski definition) is 1. The summed E-state index contributed by atoms with van der Waals surface area (Å²) >= 11 is 3.35. The highest BCUT2D eigenvalue weighted by Gasteiger charge is 2.04. The normalized spacial score (nSPS) is 10.3. The average molecular weight is 268 g/mol. The zero-order valence-corrected chi connectivity index (χ0v) is 9.73. The van der Waals surface area contributed by atoms with Crippen LogP contribution in [0.5, 0.6) is 11.8 Å². The van der Waals surface area contributed by atoms with Crippen molar-refractivity contribution in [1.82, 2.24) is 9.55 Å². The lowest BCUT2D eigenvalue weighted by Gasteiger charge is -2.03. The SMILES string of the molecule is Cn1cc(N)nc1Oc1ccc(Br)cc1. The van der Waals surface area contributed by atoms with Crippen LogP contribution in [-0.4, -0.2) is 9.55 Å². The van der Waals surface area contributed by atoms with Gasteiger partial charge in [-0.25, -0.2) is 0 Å². The molecule has 0 aliphatic heterocycles. The fourth-order valence-electron chi connectivity index (χ4n) is 1.17. The summed E-state index contributed by atoms with van der Waals surface area (Å²) in [5, 5.41) is 0. The molecule has 1 aromatic carbocycles. The van der Waals surface area contributed by atoms with Crippen molar-refractivity contribution in [2.24, 2.45) is 7.05 Å². The molecule has 0 saturated carbocycles. The number of benzene rings is 1. The van der Waals surface area contributed by atoms with Crippen molar-refractivity contribution in [2.45, 2.75) is 0 Å². The van der Waals surface area contributed by atoms with Crippen molar-refractivity contribution in [3.63, 3.8) is 0 Å². The fraction of sp³-hybridized carbons (Fsp3) is 0.100. The standard InChI is InChI=1S/C10H10BrN3O/c1-14-6-9(12)13-10(14)15-8-4-2-7(11)3-5-8/h2-6H,12H2,1H3. The van der Waals surface area contributed by atoms with E-state index in [9.17, 15) is 0 Å². The molecule has 1 aromatic heterocycles. The first kappa shape index (κ1) is 10.0. The number of rotatable bonds is 2. The number of aryl methyl sites for hydroxylation is 1. The van der Waals surface area contributed by atoms with Gasteiger partial charge in [-0.05, 0) is 24.3 Å². The molecule has 0 aliphatic carbocycles. The van der Waals surface area contributed by atoms with Gasteiger partial charge in [0.1, 0.15) is 11.6 Å². The second kappa shape index (κ2) is 3.94. The number of nitrogens with two attached hydrogens (primary N) is 1. The van der Waals surface area contributed by atoms with E-state index in [1.54, 1.807) is 10.8 Å². The zero-order valence-electron chi connectivity index (χ0n) is 8.14. The Bertz CT molecular complexity index is 464. The van der Waals surface area contributed by atoms with Gasteiger partial charge in [0, 0.05) is 11.5 Å². The van der Waals surface area contributed by atoms with Gasteiger partial charge in [0.15, 0.2) is 0 Å². The summed E-state index contributed by atoms with van der Waals surface area (Å²) in [6, 6.07) is 8.00. The summed E-state index contributed by atoms with van der Waals surface area (Å²) in [4.78, 5) is 4.03. The molecule has 2 N–H and O–H groups in total. The molecule has 0 unspecified atom stereocenters. The molecular formula is C10H10BrN3O. The lowest BCUT2D eigenvalue weighted by molar-refractivity contribution is 0.425. The molecule has 15 heavy (non-hydrogen) atoms. The van der Waals surface area contributed by atoms with Crippen LogP contribution >= 0.6 is 15.9 Å². The molecule has 0 spiro atoms. The number of ether oxygens (including phenoxy) is 1. The molecule has 0 aliphatic rings.